The summed E-state index contributed by atoms with van der Waals surface area (Å²) in [6, 6.07) is 4.75. The molecule has 0 spiro atoms. The molecule has 0 bridgehead atoms. The van der Waals surface area contributed by atoms with Crippen LogP contribution in [0, 0.1) is 0 Å². The zero-order chi connectivity index (χ0) is 17.9. The van der Waals surface area contributed by atoms with Crippen LogP contribution >= 0.6 is 27.7 Å². The lowest BCUT2D eigenvalue weighted by Crippen LogP contribution is -2.36. The van der Waals surface area contributed by atoms with Gasteiger partial charge in [0, 0.05) is 0 Å². The summed E-state index contributed by atoms with van der Waals surface area (Å²) in [6.45, 7) is -0.947. The summed E-state index contributed by atoms with van der Waals surface area (Å²) in [5.41, 5.74) is 5.60. The van der Waals surface area contributed by atoms with Crippen molar-refractivity contribution in [1.82, 2.24) is 4.90 Å². The average molecular weight is 415 g/mol. The molecule has 3 amide bonds. The number of hydrogen-bond donors (Lipinski definition) is 2. The molecule has 10 heteroatoms. The fourth-order valence-corrected chi connectivity index (χ4v) is 3.16. The number of amides is 3. The van der Waals surface area contributed by atoms with Crippen molar-refractivity contribution in [2.24, 2.45) is 5.73 Å². The Labute approximate surface area is 148 Å². The van der Waals surface area contributed by atoms with Gasteiger partial charge in [0.25, 0.3) is 11.1 Å². The van der Waals surface area contributed by atoms with E-state index in [0.29, 0.717) is 27.5 Å². The molecule has 1 fully saturated rings. The molecule has 1 aliphatic heterocycles. The maximum Gasteiger partial charge on any atom is 0.341 e. The number of benzene rings is 1. The summed E-state index contributed by atoms with van der Waals surface area (Å²) in [4.78, 5) is 46.1. The van der Waals surface area contributed by atoms with E-state index in [-0.39, 0.29) is 4.91 Å². The van der Waals surface area contributed by atoms with Crippen molar-refractivity contribution in [3.05, 3.63) is 33.1 Å². The summed E-state index contributed by atoms with van der Waals surface area (Å²) in [7, 11) is 0. The van der Waals surface area contributed by atoms with Gasteiger partial charge in [-0.2, -0.15) is 0 Å². The second-order valence-electron chi connectivity index (χ2n) is 4.61. The molecule has 8 nitrogen and oxygen atoms in total. The Morgan fingerprint density at radius 1 is 1.38 bits per heavy atom. The number of carboxylic acids is 1. The van der Waals surface area contributed by atoms with Crippen molar-refractivity contribution < 1.29 is 29.0 Å². The zero-order valence-electron chi connectivity index (χ0n) is 12.0. The molecule has 0 saturated carbocycles. The molecule has 0 atom stereocenters. The number of nitrogens with two attached hydrogens (primary N) is 1. The third-order valence-electron chi connectivity index (χ3n) is 2.79. The van der Waals surface area contributed by atoms with Crippen LogP contribution in [-0.4, -0.2) is 46.2 Å². The van der Waals surface area contributed by atoms with Gasteiger partial charge < -0.3 is 15.6 Å². The number of carbonyl (C=O) groups is 4. The number of thioether (sulfide) groups is 1. The molecule has 1 saturated heterocycles. The Kier molecular flexibility index (Phi) is 5.62. The molecule has 0 aromatic heterocycles. The first kappa shape index (κ1) is 18.0. The smallest absolute Gasteiger partial charge is 0.341 e. The molecule has 1 aromatic rings. The fraction of sp³-hybridized carbons (Fsp3) is 0.143. The number of nitrogens with zero attached hydrogens (tertiary/aromatic N) is 1. The van der Waals surface area contributed by atoms with Gasteiger partial charge in [-0.15, -0.1) is 0 Å². The van der Waals surface area contributed by atoms with Crippen molar-refractivity contribution in [2.45, 2.75) is 0 Å². The maximum atomic E-state index is 12.1. The van der Waals surface area contributed by atoms with Gasteiger partial charge >= 0.3 is 5.97 Å². The van der Waals surface area contributed by atoms with Crippen molar-refractivity contribution in [1.29, 1.82) is 0 Å². The van der Waals surface area contributed by atoms with E-state index in [1.54, 1.807) is 12.1 Å². The molecule has 3 N–H and O–H groups in total. The van der Waals surface area contributed by atoms with Crippen molar-refractivity contribution in [3.63, 3.8) is 0 Å². The lowest BCUT2D eigenvalue weighted by Gasteiger charge is -2.08. The van der Waals surface area contributed by atoms with Gasteiger partial charge in [-0.05, 0) is 51.5 Å². The Morgan fingerprint density at radius 3 is 2.67 bits per heavy atom. The molecular weight excluding hydrogens is 404 g/mol. The van der Waals surface area contributed by atoms with Crippen LogP contribution < -0.4 is 10.5 Å². The topological polar surface area (TPSA) is 127 Å². The fourth-order valence-electron chi connectivity index (χ4n) is 1.81. The van der Waals surface area contributed by atoms with E-state index in [4.69, 9.17) is 15.6 Å². The average Bonchev–Trinajstić information content (AvgIpc) is 2.73. The normalized spacial score (nSPS) is 15.9. The van der Waals surface area contributed by atoms with Crippen LogP contribution in [0.4, 0.5) is 4.79 Å². The lowest BCUT2D eigenvalue weighted by atomic mass is 10.2. The second kappa shape index (κ2) is 7.49. The predicted octanol–water partition coefficient (Wildman–Crippen LogP) is 1.43. The Hall–Kier alpha value is -2.33. The Morgan fingerprint density at radius 2 is 2.08 bits per heavy atom. The SMILES string of the molecule is NC(=O)CN1C(=O)S/C(=C\c2ccc(OCC(=O)O)c(Br)c2)C1=O. The number of hydrogen-bond acceptors (Lipinski definition) is 6. The number of imide groups is 1. The van der Waals surface area contributed by atoms with E-state index in [1.807, 2.05) is 0 Å². The molecular formula is C14H11BrN2O6S. The van der Waals surface area contributed by atoms with Crippen molar-refractivity contribution >= 4 is 56.8 Å². The van der Waals surface area contributed by atoms with Gasteiger partial charge in [0.15, 0.2) is 6.61 Å². The number of aliphatic carboxylic acids is 1. The summed E-state index contributed by atoms with van der Waals surface area (Å²) in [5, 5.41) is 8.03. The van der Waals surface area contributed by atoms with Crippen LogP contribution in [0.1, 0.15) is 5.56 Å². The summed E-state index contributed by atoms with van der Waals surface area (Å²) in [6.07, 6.45) is 1.48. The van der Waals surface area contributed by atoms with E-state index in [2.05, 4.69) is 15.9 Å². The van der Waals surface area contributed by atoms with Gasteiger partial charge in [0.2, 0.25) is 5.91 Å². The maximum absolute atomic E-state index is 12.1. The number of halogens is 1. The van der Waals surface area contributed by atoms with Crippen LogP contribution in [-0.2, 0) is 14.4 Å². The first-order chi connectivity index (χ1) is 11.3. The van der Waals surface area contributed by atoms with E-state index in [1.165, 1.54) is 12.1 Å². The highest BCUT2D eigenvalue weighted by atomic mass is 79.9. The molecule has 0 aliphatic carbocycles. The number of carbonyl (C=O) groups excluding carboxylic acids is 3. The molecule has 126 valence electrons. The molecule has 2 rings (SSSR count). The molecule has 1 aliphatic rings. The zero-order valence-corrected chi connectivity index (χ0v) is 14.4. The van der Waals surface area contributed by atoms with Crippen molar-refractivity contribution in [2.75, 3.05) is 13.2 Å². The monoisotopic (exact) mass is 414 g/mol. The van der Waals surface area contributed by atoms with Crippen LogP contribution in [0.3, 0.4) is 0 Å². The number of rotatable bonds is 6. The van der Waals surface area contributed by atoms with Gasteiger partial charge in [0.1, 0.15) is 12.3 Å². The van der Waals surface area contributed by atoms with Crippen LogP contribution in [0.15, 0.2) is 27.6 Å². The molecule has 24 heavy (non-hydrogen) atoms. The van der Waals surface area contributed by atoms with E-state index < -0.39 is 36.2 Å². The van der Waals surface area contributed by atoms with E-state index >= 15 is 0 Å². The van der Waals surface area contributed by atoms with Gasteiger partial charge in [0.05, 0.1) is 9.38 Å². The largest absolute Gasteiger partial charge is 0.481 e. The highest BCUT2D eigenvalue weighted by Gasteiger charge is 2.35. The quantitative estimate of drug-likeness (QED) is 0.673. The highest BCUT2D eigenvalue weighted by molar-refractivity contribution is 9.10. The first-order valence-electron chi connectivity index (χ1n) is 6.45. The standard InChI is InChI=1S/C14H11BrN2O6S/c15-8-3-7(1-2-9(8)23-6-12(19)20)4-10-13(21)17(5-11(16)18)14(22)24-10/h1-4H,5-6H2,(H2,16,18)(H,19,20)/b10-4-. The minimum Gasteiger partial charge on any atom is -0.481 e. The van der Waals surface area contributed by atoms with Crippen LogP contribution in [0.5, 0.6) is 5.75 Å². The van der Waals surface area contributed by atoms with E-state index in [9.17, 15) is 19.2 Å². The van der Waals surface area contributed by atoms with Gasteiger partial charge in [-0.3, -0.25) is 19.3 Å². The summed E-state index contributed by atoms with van der Waals surface area (Å²) < 4.78 is 5.56. The highest BCUT2D eigenvalue weighted by Crippen LogP contribution is 2.33. The van der Waals surface area contributed by atoms with Gasteiger partial charge in [-0.1, -0.05) is 6.07 Å². The van der Waals surface area contributed by atoms with Crippen LogP contribution in [0.25, 0.3) is 6.08 Å². The lowest BCUT2D eigenvalue weighted by molar-refractivity contribution is -0.139. The third kappa shape index (κ3) is 4.36. The minimum atomic E-state index is -1.10. The second-order valence-corrected chi connectivity index (χ2v) is 6.45. The van der Waals surface area contributed by atoms with Crippen molar-refractivity contribution in [3.8, 4) is 5.75 Å². The Bertz CT molecular complexity index is 764. The molecule has 1 aromatic carbocycles. The first-order valence-corrected chi connectivity index (χ1v) is 8.06. The third-order valence-corrected chi connectivity index (χ3v) is 4.32. The predicted molar refractivity (Wildman–Crippen MR) is 89.1 cm³/mol. The number of carboxylic acid groups (broad SMARTS) is 1. The summed E-state index contributed by atoms with van der Waals surface area (Å²) >= 11 is 3.95. The summed E-state index contributed by atoms with van der Waals surface area (Å²) in [5.74, 6) is -2.14. The molecule has 0 radical (unpaired) electrons. The van der Waals surface area contributed by atoms with Gasteiger partial charge in [-0.25, -0.2) is 4.79 Å². The van der Waals surface area contributed by atoms with E-state index in [0.717, 1.165) is 4.90 Å². The molecule has 1 heterocycles. The minimum absolute atomic E-state index is 0.160. The number of primary amides is 1. The molecule has 0 unspecified atom stereocenters. The number of ether oxygens (including phenoxy) is 1. The Balaban J connectivity index is 2.18. The van der Waals surface area contributed by atoms with Crippen LogP contribution in [0.2, 0.25) is 0 Å².